The lowest BCUT2D eigenvalue weighted by molar-refractivity contribution is -0.119. The molecule has 0 unspecified atom stereocenters. The highest BCUT2D eigenvalue weighted by Gasteiger charge is 2.21. The predicted molar refractivity (Wildman–Crippen MR) is 119 cm³/mol. The lowest BCUT2D eigenvalue weighted by Gasteiger charge is -2.22. The number of nitrogens with one attached hydrogen (secondary N) is 2. The number of hydrogen-bond acceptors (Lipinski definition) is 5. The van der Waals surface area contributed by atoms with Crippen LogP contribution in [-0.4, -0.2) is 38.7 Å². The summed E-state index contributed by atoms with van der Waals surface area (Å²) in [5, 5.41) is 6.74. The van der Waals surface area contributed by atoms with Gasteiger partial charge < -0.3 is 5.32 Å². The zero-order valence-corrected chi connectivity index (χ0v) is 18.5. The minimum absolute atomic E-state index is 0.192. The maximum Gasteiger partial charge on any atom is 0.260 e. The van der Waals surface area contributed by atoms with E-state index in [2.05, 4.69) is 15.8 Å². The largest absolute Gasteiger partial charge is 0.326 e. The molecule has 0 spiro atoms. The summed E-state index contributed by atoms with van der Waals surface area (Å²) in [6.45, 7) is 6.44. The first-order valence-electron chi connectivity index (χ1n) is 9.23. The van der Waals surface area contributed by atoms with Gasteiger partial charge in [-0.2, -0.15) is 5.10 Å². The molecule has 0 radical (unpaired) electrons. The fourth-order valence-electron chi connectivity index (χ4n) is 2.90. The van der Waals surface area contributed by atoms with Gasteiger partial charge in [0.2, 0.25) is 15.9 Å². The van der Waals surface area contributed by atoms with E-state index in [9.17, 15) is 18.0 Å². The fourth-order valence-corrected chi connectivity index (χ4v) is 3.74. The number of amides is 2. The van der Waals surface area contributed by atoms with Gasteiger partial charge in [-0.1, -0.05) is 18.2 Å². The average Bonchev–Trinajstić information content (AvgIpc) is 2.62. The molecule has 30 heavy (non-hydrogen) atoms. The molecule has 0 saturated carbocycles. The van der Waals surface area contributed by atoms with Crippen molar-refractivity contribution in [2.75, 3.05) is 22.4 Å². The quantitative estimate of drug-likeness (QED) is 0.520. The number of nitrogens with zero attached hydrogens (tertiary/aromatic N) is 2. The van der Waals surface area contributed by atoms with E-state index >= 15 is 0 Å². The van der Waals surface area contributed by atoms with Crippen molar-refractivity contribution < 1.29 is 18.0 Å². The van der Waals surface area contributed by atoms with Crippen LogP contribution in [0.5, 0.6) is 0 Å². The predicted octanol–water partition coefficient (Wildman–Crippen LogP) is 2.57. The van der Waals surface area contributed by atoms with Crippen molar-refractivity contribution in [3.63, 3.8) is 0 Å². The van der Waals surface area contributed by atoms with Crippen molar-refractivity contribution in [2.24, 2.45) is 5.10 Å². The highest BCUT2D eigenvalue weighted by Crippen LogP contribution is 2.21. The number of hydrazone groups is 1. The number of anilines is 2. The molecule has 0 saturated heterocycles. The lowest BCUT2D eigenvalue weighted by Crippen LogP contribution is -2.39. The van der Waals surface area contributed by atoms with Gasteiger partial charge in [-0.15, -0.1) is 0 Å². The Morgan fingerprint density at radius 1 is 1.03 bits per heavy atom. The highest BCUT2D eigenvalue weighted by atomic mass is 32.2. The molecule has 0 aromatic heterocycles. The minimum Gasteiger partial charge on any atom is -0.326 e. The van der Waals surface area contributed by atoms with Gasteiger partial charge in [0.05, 0.1) is 17.7 Å². The summed E-state index contributed by atoms with van der Waals surface area (Å²) >= 11 is 0. The van der Waals surface area contributed by atoms with E-state index in [1.807, 2.05) is 19.9 Å². The molecule has 160 valence electrons. The Balaban J connectivity index is 2.16. The molecule has 0 fully saturated rings. The molecular weight excluding hydrogens is 404 g/mol. The zero-order chi connectivity index (χ0) is 22.5. The molecule has 0 bridgehead atoms. The molecule has 2 N–H and O–H groups in total. The molecule has 0 aliphatic rings. The number of hydrogen-bond donors (Lipinski definition) is 2. The average molecular weight is 431 g/mol. The summed E-state index contributed by atoms with van der Waals surface area (Å²) in [4.78, 5) is 23.6. The van der Waals surface area contributed by atoms with Crippen LogP contribution in [0.15, 0.2) is 47.6 Å². The molecule has 0 aliphatic carbocycles. The van der Waals surface area contributed by atoms with Crippen molar-refractivity contribution >= 4 is 38.9 Å². The van der Waals surface area contributed by atoms with Gasteiger partial charge in [0, 0.05) is 12.6 Å². The monoisotopic (exact) mass is 430 g/mol. The molecule has 8 nitrogen and oxygen atoms in total. The van der Waals surface area contributed by atoms with Gasteiger partial charge in [-0.05, 0) is 61.7 Å². The molecule has 0 atom stereocenters. The Hall–Kier alpha value is -3.20. The third-order valence-electron chi connectivity index (χ3n) is 4.13. The Morgan fingerprint density at radius 2 is 1.67 bits per heavy atom. The van der Waals surface area contributed by atoms with Gasteiger partial charge in [0.25, 0.3) is 5.91 Å². The molecule has 9 heteroatoms. The van der Waals surface area contributed by atoms with E-state index in [0.29, 0.717) is 22.6 Å². The second kappa shape index (κ2) is 9.53. The number of benzene rings is 2. The summed E-state index contributed by atoms with van der Waals surface area (Å²) < 4.78 is 25.5. The maximum atomic E-state index is 12.4. The summed E-state index contributed by atoms with van der Waals surface area (Å²) in [6, 6.07) is 12.4. The molecular formula is C21H26N4O4S. The first-order chi connectivity index (χ1) is 14.0. The molecule has 0 aliphatic heterocycles. The number of carbonyl (C=O) groups is 2. The summed E-state index contributed by atoms with van der Waals surface area (Å²) in [6.07, 6.45) is 1.06. The van der Waals surface area contributed by atoms with E-state index in [1.54, 1.807) is 43.3 Å². The van der Waals surface area contributed by atoms with Crippen LogP contribution in [0, 0.1) is 13.8 Å². The van der Waals surface area contributed by atoms with E-state index in [-0.39, 0.29) is 5.91 Å². The van der Waals surface area contributed by atoms with Gasteiger partial charge >= 0.3 is 0 Å². The van der Waals surface area contributed by atoms with Crippen LogP contribution in [0.1, 0.15) is 30.5 Å². The van der Waals surface area contributed by atoms with Crippen LogP contribution in [0.4, 0.5) is 11.4 Å². The second-order valence-corrected chi connectivity index (χ2v) is 9.02. The van der Waals surface area contributed by atoms with Crippen molar-refractivity contribution in [1.29, 1.82) is 0 Å². The zero-order valence-electron chi connectivity index (χ0n) is 17.7. The van der Waals surface area contributed by atoms with Crippen LogP contribution in [0.3, 0.4) is 0 Å². The first-order valence-corrected chi connectivity index (χ1v) is 11.1. The smallest absolute Gasteiger partial charge is 0.260 e. The third-order valence-corrected chi connectivity index (χ3v) is 5.27. The molecule has 2 aromatic carbocycles. The van der Waals surface area contributed by atoms with Crippen molar-refractivity contribution in [3.05, 3.63) is 59.2 Å². The van der Waals surface area contributed by atoms with E-state index in [0.717, 1.165) is 21.7 Å². The van der Waals surface area contributed by atoms with E-state index in [4.69, 9.17) is 0 Å². The fraction of sp³-hybridized carbons (Fsp3) is 0.286. The summed E-state index contributed by atoms with van der Waals surface area (Å²) in [7, 11) is -3.67. The minimum atomic E-state index is -3.67. The van der Waals surface area contributed by atoms with Crippen LogP contribution in [0.2, 0.25) is 0 Å². The molecule has 2 amide bonds. The lowest BCUT2D eigenvalue weighted by atomic mass is 10.1. The Labute approximate surface area is 177 Å². The van der Waals surface area contributed by atoms with Crippen LogP contribution < -0.4 is 15.0 Å². The normalized spacial score (nSPS) is 11.7. The standard InChI is InChI=1S/C21H26N4O4S/c1-14-9-15(2)11-20(10-14)25(30(5,28)29)13-21(27)24-23-16(3)18-7-6-8-19(12-18)22-17(4)26/h6-12H,13H2,1-5H3,(H,22,26)(H,24,27)/b23-16-. The Bertz CT molecular complexity index is 1070. The summed E-state index contributed by atoms with van der Waals surface area (Å²) in [5.41, 5.74) is 6.44. The van der Waals surface area contributed by atoms with Gasteiger partial charge in [-0.3, -0.25) is 13.9 Å². The number of aryl methyl sites for hydroxylation is 2. The summed E-state index contributed by atoms with van der Waals surface area (Å²) in [5.74, 6) is -0.765. The van der Waals surface area contributed by atoms with Crippen molar-refractivity contribution in [3.8, 4) is 0 Å². The van der Waals surface area contributed by atoms with E-state index in [1.165, 1.54) is 6.92 Å². The maximum absolute atomic E-state index is 12.4. The number of sulfonamides is 1. The molecule has 2 aromatic rings. The Kier molecular flexibility index (Phi) is 7.33. The highest BCUT2D eigenvalue weighted by molar-refractivity contribution is 7.92. The van der Waals surface area contributed by atoms with Gasteiger partial charge in [-0.25, -0.2) is 13.8 Å². The van der Waals surface area contributed by atoms with Gasteiger partial charge in [0.15, 0.2) is 0 Å². The molecule has 2 rings (SSSR count). The van der Waals surface area contributed by atoms with E-state index < -0.39 is 22.5 Å². The topological polar surface area (TPSA) is 108 Å². The number of rotatable bonds is 7. The molecule has 0 heterocycles. The Morgan fingerprint density at radius 3 is 2.23 bits per heavy atom. The van der Waals surface area contributed by atoms with Gasteiger partial charge in [0.1, 0.15) is 6.54 Å². The second-order valence-electron chi connectivity index (χ2n) is 7.11. The van der Waals surface area contributed by atoms with Crippen LogP contribution in [-0.2, 0) is 19.6 Å². The first kappa shape index (κ1) is 23.1. The number of carbonyl (C=O) groups excluding carboxylic acids is 2. The van der Waals surface area contributed by atoms with Crippen LogP contribution in [0.25, 0.3) is 0 Å². The van der Waals surface area contributed by atoms with Crippen LogP contribution >= 0.6 is 0 Å². The van der Waals surface area contributed by atoms with Crippen molar-refractivity contribution in [2.45, 2.75) is 27.7 Å². The van der Waals surface area contributed by atoms with Crippen molar-refractivity contribution in [1.82, 2.24) is 5.43 Å². The third kappa shape index (κ3) is 6.70. The SMILES string of the molecule is CC(=O)Nc1cccc(/C(C)=N\NC(=O)CN(c2cc(C)cc(C)c2)S(C)(=O)=O)c1.